The molecule has 0 aliphatic heterocycles. The third-order valence-corrected chi connectivity index (χ3v) is 12.1. The van der Waals surface area contributed by atoms with Crippen LogP contribution in [0.15, 0.2) is 47.6 Å². The molecule has 0 saturated heterocycles. The zero-order valence-corrected chi connectivity index (χ0v) is 29.1. The molecule has 9 heteroatoms. The lowest BCUT2D eigenvalue weighted by Gasteiger charge is -2.48. The fourth-order valence-electron chi connectivity index (χ4n) is 9.37. The van der Waals surface area contributed by atoms with E-state index in [1.807, 2.05) is 13.8 Å². The molecule has 0 aromatic heterocycles. The van der Waals surface area contributed by atoms with Crippen molar-refractivity contribution < 1.29 is 43.6 Å². The highest BCUT2D eigenvalue weighted by Gasteiger charge is 2.83. The molecule has 0 heterocycles. The summed E-state index contributed by atoms with van der Waals surface area (Å²) in [6, 6.07) is 4.81. The number of halogens is 1. The zero-order valence-electron chi connectivity index (χ0n) is 29.1. The fourth-order valence-corrected chi connectivity index (χ4v) is 9.37. The highest BCUT2D eigenvalue weighted by Crippen LogP contribution is 2.75. The molecule has 0 amide bonds. The van der Waals surface area contributed by atoms with E-state index in [-0.39, 0.29) is 35.7 Å². The standard InChI is InChI=1S/C39H53FO8/c1-6-7-8-9-10-11-12-13-14-15-30(41)48-38-22-25(3)37-21-24(2)32(42)39(37,46)33(43)27(20-29(34(37)44)31(38)36(38,4)5)23-47-35(45)26-16-18-28(40)19-17-26/h16-21,25,29,31-33,42-43,46H,6-15,22-23H2,1-5H3/t25-,29+,31-,32+,33-,37+,38+,39-/m1/s1. The quantitative estimate of drug-likeness (QED) is 0.118. The molecular formula is C39H53FO8. The van der Waals surface area contributed by atoms with Gasteiger partial charge in [0.2, 0.25) is 0 Å². The van der Waals surface area contributed by atoms with Crippen molar-refractivity contribution in [2.45, 2.75) is 129 Å². The largest absolute Gasteiger partial charge is 0.458 e. The number of aliphatic hydroxyl groups is 3. The molecule has 3 N–H and O–H groups in total. The highest BCUT2D eigenvalue weighted by atomic mass is 19.1. The number of benzene rings is 1. The molecule has 8 nitrogen and oxygen atoms in total. The number of carbonyl (C=O) groups is 3. The summed E-state index contributed by atoms with van der Waals surface area (Å²) >= 11 is 0. The second kappa shape index (κ2) is 13.8. The first-order chi connectivity index (χ1) is 22.7. The Morgan fingerprint density at radius 3 is 2.19 bits per heavy atom. The molecule has 4 aliphatic rings. The van der Waals surface area contributed by atoms with Crippen molar-refractivity contribution in [1.82, 2.24) is 0 Å². The molecular weight excluding hydrogens is 615 g/mol. The van der Waals surface area contributed by atoms with E-state index < -0.39 is 70.4 Å². The average molecular weight is 669 g/mol. The number of unbranched alkanes of at least 4 members (excludes halogenated alkanes) is 8. The normalized spacial score (nSPS) is 34.6. The average Bonchev–Trinajstić information content (AvgIpc) is 3.46. The van der Waals surface area contributed by atoms with Crippen LogP contribution in [0.2, 0.25) is 0 Å². The summed E-state index contributed by atoms with van der Waals surface area (Å²) in [6.07, 6.45) is 10.5. The summed E-state index contributed by atoms with van der Waals surface area (Å²) in [5.74, 6) is -3.95. The van der Waals surface area contributed by atoms with Gasteiger partial charge in [0.1, 0.15) is 35.8 Å². The van der Waals surface area contributed by atoms with Gasteiger partial charge in [-0.25, -0.2) is 9.18 Å². The van der Waals surface area contributed by atoms with E-state index in [0.29, 0.717) is 5.57 Å². The minimum absolute atomic E-state index is 0.0713. The van der Waals surface area contributed by atoms with Crippen molar-refractivity contribution in [3.05, 3.63) is 58.9 Å². The van der Waals surface area contributed by atoms with Crippen LogP contribution in [0.1, 0.15) is 116 Å². The first kappa shape index (κ1) is 36.4. The van der Waals surface area contributed by atoms with Gasteiger partial charge >= 0.3 is 11.9 Å². The molecule has 2 saturated carbocycles. The van der Waals surface area contributed by atoms with Crippen molar-refractivity contribution >= 4 is 17.7 Å². The molecule has 1 aromatic rings. The minimum atomic E-state index is -2.35. The van der Waals surface area contributed by atoms with Crippen LogP contribution in [0.25, 0.3) is 0 Å². The Bertz CT molecular complexity index is 1450. The maximum absolute atomic E-state index is 14.8. The number of esters is 2. The van der Waals surface area contributed by atoms with E-state index in [1.54, 1.807) is 26.0 Å². The number of fused-ring (bicyclic) bond motifs is 3. The highest BCUT2D eigenvalue weighted by molar-refractivity contribution is 5.96. The number of ether oxygens (including phenoxy) is 2. The molecule has 2 fully saturated rings. The molecule has 2 bridgehead atoms. The molecule has 0 radical (unpaired) electrons. The number of Topliss-reactive ketones (excluding diaryl/α,β-unsaturated/α-hetero) is 1. The molecule has 1 aromatic carbocycles. The number of aliphatic hydroxyl groups excluding tert-OH is 2. The van der Waals surface area contributed by atoms with Crippen LogP contribution >= 0.6 is 0 Å². The molecule has 8 atom stereocenters. The van der Waals surface area contributed by atoms with Crippen LogP contribution in [-0.2, 0) is 19.1 Å². The number of hydrogen-bond donors (Lipinski definition) is 3. The van der Waals surface area contributed by atoms with Gasteiger partial charge in [-0.1, -0.05) is 91.2 Å². The Balaban J connectivity index is 1.39. The smallest absolute Gasteiger partial charge is 0.338 e. The van der Waals surface area contributed by atoms with Crippen LogP contribution in [0.3, 0.4) is 0 Å². The van der Waals surface area contributed by atoms with E-state index in [9.17, 15) is 34.1 Å². The first-order valence-electron chi connectivity index (χ1n) is 17.9. The summed E-state index contributed by atoms with van der Waals surface area (Å²) < 4.78 is 25.3. The second-order valence-corrected chi connectivity index (χ2v) is 15.3. The third-order valence-electron chi connectivity index (χ3n) is 12.1. The van der Waals surface area contributed by atoms with Gasteiger partial charge in [-0.2, -0.15) is 0 Å². The van der Waals surface area contributed by atoms with Gasteiger partial charge in [-0.05, 0) is 61.1 Å². The third kappa shape index (κ3) is 5.87. The van der Waals surface area contributed by atoms with Crippen molar-refractivity contribution in [1.29, 1.82) is 0 Å². The van der Waals surface area contributed by atoms with Gasteiger partial charge < -0.3 is 24.8 Å². The predicted molar refractivity (Wildman–Crippen MR) is 178 cm³/mol. The van der Waals surface area contributed by atoms with E-state index in [2.05, 4.69) is 6.92 Å². The Morgan fingerprint density at radius 1 is 0.958 bits per heavy atom. The maximum Gasteiger partial charge on any atom is 0.338 e. The Labute approximate surface area is 283 Å². The van der Waals surface area contributed by atoms with E-state index >= 15 is 0 Å². The van der Waals surface area contributed by atoms with Crippen LogP contribution in [0.5, 0.6) is 0 Å². The van der Waals surface area contributed by atoms with Crippen LogP contribution in [-0.4, -0.2) is 63.1 Å². The lowest BCUT2D eigenvalue weighted by atomic mass is 9.59. The lowest BCUT2D eigenvalue weighted by molar-refractivity contribution is -0.191. The van der Waals surface area contributed by atoms with E-state index in [4.69, 9.17) is 9.47 Å². The predicted octanol–water partition coefficient (Wildman–Crippen LogP) is 6.41. The summed E-state index contributed by atoms with van der Waals surface area (Å²) in [6.45, 7) is 9.10. The van der Waals surface area contributed by atoms with Crippen LogP contribution in [0.4, 0.5) is 4.39 Å². The molecule has 48 heavy (non-hydrogen) atoms. The van der Waals surface area contributed by atoms with Crippen molar-refractivity contribution in [3.63, 3.8) is 0 Å². The maximum atomic E-state index is 14.8. The molecule has 1 spiro atoms. The van der Waals surface area contributed by atoms with Gasteiger partial charge in [-0.3, -0.25) is 9.59 Å². The number of ketones is 1. The molecule has 4 aliphatic carbocycles. The molecule has 0 unspecified atom stereocenters. The van der Waals surface area contributed by atoms with Crippen LogP contribution in [0, 0.1) is 34.4 Å². The summed E-state index contributed by atoms with van der Waals surface area (Å²) in [7, 11) is 0. The summed E-state index contributed by atoms with van der Waals surface area (Å²) in [5, 5.41) is 35.6. The van der Waals surface area contributed by atoms with Gasteiger partial charge in [0.05, 0.1) is 11.0 Å². The van der Waals surface area contributed by atoms with Crippen molar-refractivity contribution in [2.24, 2.45) is 28.6 Å². The van der Waals surface area contributed by atoms with Gasteiger partial charge in [0, 0.05) is 23.7 Å². The number of carbonyl (C=O) groups excluding carboxylic acids is 3. The van der Waals surface area contributed by atoms with E-state index in [0.717, 1.165) is 37.8 Å². The van der Waals surface area contributed by atoms with Gasteiger partial charge in [0.15, 0.2) is 5.78 Å². The van der Waals surface area contributed by atoms with Crippen molar-refractivity contribution in [3.8, 4) is 0 Å². The number of hydrogen-bond acceptors (Lipinski definition) is 8. The number of allylic oxidation sites excluding steroid dienone is 1. The van der Waals surface area contributed by atoms with Crippen LogP contribution < -0.4 is 0 Å². The SMILES string of the molecule is CCCCCCCCCCCC(=O)O[C@@]12C[C@@H](C)[C@]34C=C(C)[C@H](O)[C@@]3(O)[C@H](O)C(COC(=O)c3ccc(F)cc3)=C[C@H](C4=O)[C@@H]1C2(C)C. The number of rotatable bonds is 14. The first-order valence-corrected chi connectivity index (χ1v) is 17.9. The van der Waals surface area contributed by atoms with Gasteiger partial charge in [-0.15, -0.1) is 0 Å². The lowest BCUT2D eigenvalue weighted by Crippen LogP contribution is -2.65. The van der Waals surface area contributed by atoms with E-state index in [1.165, 1.54) is 44.2 Å². The zero-order chi connectivity index (χ0) is 35.1. The second-order valence-electron chi connectivity index (χ2n) is 15.3. The summed E-state index contributed by atoms with van der Waals surface area (Å²) in [5.41, 5.74) is -5.12. The fraction of sp³-hybridized carbons (Fsp3) is 0.667. The Hall–Kier alpha value is -2.88. The topological polar surface area (TPSA) is 130 Å². The van der Waals surface area contributed by atoms with Crippen molar-refractivity contribution in [2.75, 3.05) is 6.61 Å². The molecule has 264 valence electrons. The minimum Gasteiger partial charge on any atom is -0.458 e. The Kier molecular flexibility index (Phi) is 10.5. The van der Waals surface area contributed by atoms with Gasteiger partial charge in [0.25, 0.3) is 0 Å². The monoisotopic (exact) mass is 668 g/mol. The summed E-state index contributed by atoms with van der Waals surface area (Å²) in [4.78, 5) is 41.0. The molecule has 5 rings (SSSR count). The Morgan fingerprint density at radius 2 is 1.56 bits per heavy atom.